The Kier molecular flexibility index (Phi) is 36.5. The van der Waals surface area contributed by atoms with Crippen LogP contribution in [0.1, 0.15) is 187 Å². The van der Waals surface area contributed by atoms with Gasteiger partial charge >= 0.3 is 7.82 Å². The molecule has 0 spiro atoms. The van der Waals surface area contributed by atoms with E-state index in [0.717, 1.165) is 64.2 Å². The molecular weight excluding hydrogens is 647 g/mol. The molecule has 0 aromatic heterocycles. The van der Waals surface area contributed by atoms with Crippen LogP contribution in [0.4, 0.5) is 0 Å². The topological polar surface area (TPSA) is 131 Å². The first-order chi connectivity index (χ1) is 24.4. The summed E-state index contributed by atoms with van der Waals surface area (Å²) in [4.78, 5) is 22.6. The van der Waals surface area contributed by atoms with Crippen LogP contribution in [0.3, 0.4) is 0 Å². The molecule has 0 radical (unpaired) electrons. The van der Waals surface area contributed by atoms with E-state index in [9.17, 15) is 19.4 Å². The highest BCUT2D eigenvalue weighted by Gasteiger charge is 2.27. The van der Waals surface area contributed by atoms with Crippen molar-refractivity contribution in [3.05, 3.63) is 36.5 Å². The second-order valence-corrected chi connectivity index (χ2v) is 15.3. The van der Waals surface area contributed by atoms with Gasteiger partial charge in [0.1, 0.15) is 0 Å². The summed E-state index contributed by atoms with van der Waals surface area (Å²) in [5, 5.41) is 13.7. The molecular formula is C41H79N2O6P. The van der Waals surface area contributed by atoms with E-state index in [1.165, 1.54) is 96.3 Å². The maximum absolute atomic E-state index is 12.7. The van der Waals surface area contributed by atoms with Gasteiger partial charge in [0.2, 0.25) is 5.91 Å². The second kappa shape index (κ2) is 37.5. The summed E-state index contributed by atoms with van der Waals surface area (Å²) in [6.07, 6.45) is 42.9. The molecule has 0 fully saturated rings. The van der Waals surface area contributed by atoms with Gasteiger partial charge in [0.25, 0.3) is 0 Å². The number of hydrogen-bond acceptors (Lipinski definition) is 6. The molecule has 3 atom stereocenters. The molecule has 1 amide bonds. The number of nitrogens with one attached hydrogen (secondary N) is 1. The number of phosphoric ester groups is 1. The van der Waals surface area contributed by atoms with E-state index >= 15 is 0 Å². The maximum Gasteiger partial charge on any atom is 0.472 e. The second-order valence-electron chi connectivity index (χ2n) is 13.8. The van der Waals surface area contributed by atoms with Crippen molar-refractivity contribution in [3.63, 3.8) is 0 Å². The Bertz CT molecular complexity index is 881. The Morgan fingerprint density at radius 1 is 0.660 bits per heavy atom. The fourth-order valence-corrected chi connectivity index (χ4v) is 6.61. The van der Waals surface area contributed by atoms with Crippen molar-refractivity contribution >= 4 is 13.7 Å². The first-order valence-corrected chi connectivity index (χ1v) is 22.1. The zero-order valence-electron chi connectivity index (χ0n) is 32.4. The summed E-state index contributed by atoms with van der Waals surface area (Å²) in [6, 6.07) is -0.779. The van der Waals surface area contributed by atoms with Gasteiger partial charge in [-0.1, -0.05) is 166 Å². The number of carbonyl (C=O) groups is 1. The zero-order valence-corrected chi connectivity index (χ0v) is 33.3. The third kappa shape index (κ3) is 35.1. The van der Waals surface area contributed by atoms with Crippen LogP contribution in [0.25, 0.3) is 0 Å². The monoisotopic (exact) mass is 727 g/mol. The van der Waals surface area contributed by atoms with Gasteiger partial charge in [0.15, 0.2) is 0 Å². The highest BCUT2D eigenvalue weighted by Crippen LogP contribution is 2.43. The lowest BCUT2D eigenvalue weighted by Crippen LogP contribution is -2.46. The van der Waals surface area contributed by atoms with Crippen molar-refractivity contribution in [2.45, 2.75) is 199 Å². The van der Waals surface area contributed by atoms with E-state index < -0.39 is 20.0 Å². The molecule has 8 nitrogen and oxygen atoms in total. The molecule has 0 aliphatic heterocycles. The van der Waals surface area contributed by atoms with Crippen LogP contribution in [0, 0.1) is 0 Å². The van der Waals surface area contributed by atoms with Crippen molar-refractivity contribution < 1.29 is 28.4 Å². The van der Waals surface area contributed by atoms with E-state index in [-0.39, 0.29) is 25.7 Å². The van der Waals surface area contributed by atoms with Gasteiger partial charge in [-0.05, 0) is 51.4 Å². The number of nitrogens with two attached hydrogens (primary N) is 1. The Balaban J connectivity index is 4.16. The highest BCUT2D eigenvalue weighted by molar-refractivity contribution is 7.47. The van der Waals surface area contributed by atoms with Gasteiger partial charge in [0, 0.05) is 13.0 Å². The number of allylic oxidation sites excluding steroid dienone is 6. The number of rotatable bonds is 38. The lowest BCUT2D eigenvalue weighted by Gasteiger charge is -2.25. The molecule has 5 N–H and O–H groups in total. The van der Waals surface area contributed by atoms with Crippen molar-refractivity contribution in [2.75, 3.05) is 19.8 Å². The quantitative estimate of drug-likeness (QED) is 0.0283. The average molecular weight is 727 g/mol. The molecule has 0 aromatic rings. The van der Waals surface area contributed by atoms with Gasteiger partial charge in [-0.15, -0.1) is 0 Å². The lowest BCUT2D eigenvalue weighted by molar-refractivity contribution is -0.123. The van der Waals surface area contributed by atoms with Gasteiger partial charge in [-0.3, -0.25) is 13.8 Å². The van der Waals surface area contributed by atoms with E-state index in [2.05, 4.69) is 55.6 Å². The molecule has 3 unspecified atom stereocenters. The standard InChI is InChI=1S/C41H79N2O6P/c1-3-5-7-9-11-13-15-16-17-18-19-20-21-22-23-24-25-27-29-31-33-35-41(45)43-39(38-49-50(46,47)48-37-36-42)40(44)34-32-30-28-26-14-12-10-8-6-4-2/h15-16,18-19,21-22,39-40,44H,3-14,17,20,23-38,42H2,1-2H3,(H,43,45)(H,46,47)/b16-15-,19-18-,22-21-. The van der Waals surface area contributed by atoms with Crippen molar-refractivity contribution in [2.24, 2.45) is 5.73 Å². The van der Waals surface area contributed by atoms with Crippen molar-refractivity contribution in [1.82, 2.24) is 5.32 Å². The Morgan fingerprint density at radius 3 is 1.60 bits per heavy atom. The number of unbranched alkanes of at least 4 members (excludes halogenated alkanes) is 20. The van der Waals surface area contributed by atoms with Gasteiger partial charge in [0.05, 0.1) is 25.4 Å². The van der Waals surface area contributed by atoms with Gasteiger partial charge in [-0.2, -0.15) is 0 Å². The van der Waals surface area contributed by atoms with E-state index in [0.29, 0.717) is 12.8 Å². The third-order valence-corrected chi connectivity index (χ3v) is 9.98. The molecule has 0 aliphatic rings. The first-order valence-electron chi connectivity index (χ1n) is 20.6. The predicted molar refractivity (Wildman–Crippen MR) is 212 cm³/mol. The molecule has 0 saturated carbocycles. The Morgan fingerprint density at radius 2 is 1.10 bits per heavy atom. The largest absolute Gasteiger partial charge is 0.472 e. The van der Waals surface area contributed by atoms with Gasteiger partial charge < -0.3 is 21.1 Å². The molecule has 294 valence electrons. The van der Waals surface area contributed by atoms with Crippen LogP contribution >= 0.6 is 7.82 Å². The summed E-state index contributed by atoms with van der Waals surface area (Å²) in [6.45, 7) is 4.16. The van der Waals surface area contributed by atoms with Crippen LogP contribution in [-0.2, 0) is 18.4 Å². The fourth-order valence-electron chi connectivity index (χ4n) is 5.85. The van der Waals surface area contributed by atoms with Crippen LogP contribution in [-0.4, -0.2) is 47.8 Å². The van der Waals surface area contributed by atoms with E-state index in [4.69, 9.17) is 14.8 Å². The van der Waals surface area contributed by atoms with Crippen molar-refractivity contribution in [3.8, 4) is 0 Å². The number of carbonyl (C=O) groups excluding carboxylic acids is 1. The minimum absolute atomic E-state index is 0.0854. The Labute approximate surface area is 308 Å². The molecule has 0 bridgehead atoms. The predicted octanol–water partition coefficient (Wildman–Crippen LogP) is 11.2. The molecule has 0 aromatic carbocycles. The van der Waals surface area contributed by atoms with E-state index in [1.54, 1.807) is 0 Å². The number of aliphatic hydroxyl groups is 1. The van der Waals surface area contributed by atoms with Crippen molar-refractivity contribution in [1.29, 1.82) is 0 Å². The lowest BCUT2D eigenvalue weighted by atomic mass is 10.0. The number of phosphoric acid groups is 1. The molecule has 0 saturated heterocycles. The summed E-state index contributed by atoms with van der Waals surface area (Å²) < 4.78 is 22.1. The summed E-state index contributed by atoms with van der Waals surface area (Å²) in [5.41, 5.74) is 5.36. The SMILES string of the molecule is CCCCCCC/C=C\C/C=C\C/C=C\CCCCCCCCC(=O)NC(COP(=O)(O)OCCN)C(O)CCCCCCCCCCCC. The fraction of sp³-hybridized carbons (Fsp3) is 0.829. The molecule has 50 heavy (non-hydrogen) atoms. The molecule has 0 rings (SSSR count). The normalized spacial score (nSPS) is 14.6. The minimum Gasteiger partial charge on any atom is -0.391 e. The third-order valence-electron chi connectivity index (χ3n) is 9.00. The summed E-state index contributed by atoms with van der Waals surface area (Å²) in [5.74, 6) is -0.176. The molecule has 0 aliphatic carbocycles. The average Bonchev–Trinajstić information content (AvgIpc) is 3.10. The zero-order chi connectivity index (χ0) is 36.8. The van der Waals surface area contributed by atoms with Crippen LogP contribution in [0.2, 0.25) is 0 Å². The summed E-state index contributed by atoms with van der Waals surface area (Å²) in [7, 11) is -4.31. The Hall–Kier alpha value is -1.28. The number of hydrogen-bond donors (Lipinski definition) is 4. The number of aliphatic hydroxyl groups excluding tert-OH is 1. The highest BCUT2D eigenvalue weighted by atomic mass is 31.2. The summed E-state index contributed by atoms with van der Waals surface area (Å²) >= 11 is 0. The minimum atomic E-state index is -4.31. The first kappa shape index (κ1) is 48.7. The van der Waals surface area contributed by atoms with Crippen LogP contribution < -0.4 is 11.1 Å². The molecule has 0 heterocycles. The van der Waals surface area contributed by atoms with E-state index in [1.807, 2.05) is 0 Å². The smallest absolute Gasteiger partial charge is 0.391 e. The van der Waals surface area contributed by atoms with Crippen LogP contribution in [0.15, 0.2) is 36.5 Å². The van der Waals surface area contributed by atoms with Crippen LogP contribution in [0.5, 0.6) is 0 Å². The molecule has 9 heteroatoms. The maximum atomic E-state index is 12.7. The van der Waals surface area contributed by atoms with Gasteiger partial charge in [-0.25, -0.2) is 4.57 Å². The number of amides is 1.